The maximum atomic E-state index is 12.5. The number of aromatic nitrogens is 1. The summed E-state index contributed by atoms with van der Waals surface area (Å²) in [6, 6.07) is 7.12. The minimum Gasteiger partial charge on any atom is -0.466 e. The van der Waals surface area contributed by atoms with E-state index in [1.807, 2.05) is 0 Å². The summed E-state index contributed by atoms with van der Waals surface area (Å²) in [5, 5.41) is -0.0242. The standard InChI is InChI=1S/C15H13Cl3N2O4S/c1-2-24-14(21)8-10-4-3-5-13(19-10)20-25(22,23)15-11(17)6-9(16)7-12(15)18/h3-7H,2,8H2,1H3,(H,19,20). The van der Waals surface area contributed by atoms with Crippen LogP contribution in [-0.2, 0) is 26.0 Å². The molecule has 0 aliphatic heterocycles. The zero-order valence-corrected chi connectivity index (χ0v) is 16.0. The summed E-state index contributed by atoms with van der Waals surface area (Å²) in [5.74, 6) is -0.442. The number of esters is 1. The number of hydrogen-bond donors (Lipinski definition) is 1. The predicted molar refractivity (Wildman–Crippen MR) is 96.9 cm³/mol. The highest BCUT2D eigenvalue weighted by atomic mass is 35.5. The van der Waals surface area contributed by atoms with Crippen molar-refractivity contribution in [2.75, 3.05) is 11.3 Å². The van der Waals surface area contributed by atoms with Crippen LogP contribution < -0.4 is 4.72 Å². The lowest BCUT2D eigenvalue weighted by Crippen LogP contribution is -2.16. The number of benzene rings is 1. The molecule has 0 bridgehead atoms. The first kappa shape index (κ1) is 19.8. The quantitative estimate of drug-likeness (QED) is 0.711. The maximum absolute atomic E-state index is 12.5. The topological polar surface area (TPSA) is 85.4 Å². The zero-order chi connectivity index (χ0) is 18.6. The minimum absolute atomic E-state index is 0.0175. The van der Waals surface area contributed by atoms with Crippen LogP contribution in [0, 0.1) is 0 Å². The molecule has 25 heavy (non-hydrogen) atoms. The van der Waals surface area contributed by atoms with Gasteiger partial charge in [-0.3, -0.25) is 9.52 Å². The second kappa shape index (κ2) is 8.23. The normalized spacial score (nSPS) is 11.2. The van der Waals surface area contributed by atoms with Gasteiger partial charge in [-0.15, -0.1) is 0 Å². The average molecular weight is 424 g/mol. The molecule has 1 aromatic carbocycles. The summed E-state index contributed by atoms with van der Waals surface area (Å²) in [6.07, 6.45) is -0.0775. The molecule has 0 unspecified atom stereocenters. The molecule has 1 N–H and O–H groups in total. The lowest BCUT2D eigenvalue weighted by atomic mass is 10.3. The highest BCUT2D eigenvalue weighted by Gasteiger charge is 2.23. The molecule has 0 aliphatic carbocycles. The van der Waals surface area contributed by atoms with Crippen LogP contribution in [0.3, 0.4) is 0 Å². The number of nitrogens with one attached hydrogen (secondary N) is 1. The van der Waals surface area contributed by atoms with Crippen molar-refractivity contribution >= 4 is 56.6 Å². The number of anilines is 1. The largest absolute Gasteiger partial charge is 0.466 e. The SMILES string of the molecule is CCOC(=O)Cc1cccc(NS(=O)(=O)c2c(Cl)cc(Cl)cc2Cl)n1. The number of halogens is 3. The molecule has 0 atom stereocenters. The van der Waals surface area contributed by atoms with Gasteiger partial charge in [0.15, 0.2) is 0 Å². The zero-order valence-electron chi connectivity index (χ0n) is 12.9. The van der Waals surface area contributed by atoms with E-state index in [0.717, 1.165) is 0 Å². The van der Waals surface area contributed by atoms with Gasteiger partial charge in [-0.2, -0.15) is 0 Å². The second-order valence-corrected chi connectivity index (χ2v) is 7.67. The van der Waals surface area contributed by atoms with Gasteiger partial charge in [-0.25, -0.2) is 13.4 Å². The Bertz CT molecular complexity index is 880. The number of carbonyl (C=O) groups excluding carboxylic acids is 1. The summed E-state index contributed by atoms with van der Waals surface area (Å²) in [5.41, 5.74) is 0.354. The van der Waals surface area contributed by atoms with E-state index in [2.05, 4.69) is 9.71 Å². The fourth-order valence-corrected chi connectivity index (χ4v) is 4.52. The van der Waals surface area contributed by atoms with Crippen LogP contribution in [0.2, 0.25) is 15.1 Å². The molecule has 0 aliphatic rings. The lowest BCUT2D eigenvalue weighted by molar-refractivity contribution is -0.142. The molecule has 2 aromatic rings. The number of rotatable bonds is 6. The van der Waals surface area contributed by atoms with Crippen molar-refractivity contribution in [2.24, 2.45) is 0 Å². The Hall–Kier alpha value is -1.54. The van der Waals surface area contributed by atoms with Gasteiger partial charge in [0.1, 0.15) is 10.7 Å². The van der Waals surface area contributed by atoms with E-state index in [9.17, 15) is 13.2 Å². The summed E-state index contributed by atoms with van der Waals surface area (Å²) in [6.45, 7) is 1.94. The maximum Gasteiger partial charge on any atom is 0.311 e. The van der Waals surface area contributed by atoms with Gasteiger partial charge in [0, 0.05) is 5.02 Å². The van der Waals surface area contributed by atoms with Gasteiger partial charge in [0.05, 0.1) is 28.8 Å². The van der Waals surface area contributed by atoms with Gasteiger partial charge >= 0.3 is 5.97 Å². The third kappa shape index (κ3) is 5.22. The van der Waals surface area contributed by atoms with Crippen molar-refractivity contribution < 1.29 is 17.9 Å². The number of carbonyl (C=O) groups is 1. The first-order chi connectivity index (χ1) is 11.7. The highest BCUT2D eigenvalue weighted by molar-refractivity contribution is 7.93. The Kier molecular flexibility index (Phi) is 6.51. The molecule has 1 aromatic heterocycles. The van der Waals surface area contributed by atoms with Crippen LogP contribution in [-0.4, -0.2) is 26.0 Å². The van der Waals surface area contributed by atoms with E-state index >= 15 is 0 Å². The lowest BCUT2D eigenvalue weighted by Gasteiger charge is -2.11. The molecule has 134 valence electrons. The van der Waals surface area contributed by atoms with E-state index in [4.69, 9.17) is 39.5 Å². The van der Waals surface area contributed by atoms with Crippen LogP contribution in [0.1, 0.15) is 12.6 Å². The fraction of sp³-hybridized carbons (Fsp3) is 0.200. The Morgan fingerprint density at radius 3 is 2.44 bits per heavy atom. The molecule has 0 amide bonds. The number of ether oxygens (including phenoxy) is 1. The van der Waals surface area contributed by atoms with Crippen LogP contribution in [0.15, 0.2) is 35.2 Å². The molecule has 6 nitrogen and oxygen atoms in total. The van der Waals surface area contributed by atoms with Gasteiger partial charge in [0.25, 0.3) is 10.0 Å². The van der Waals surface area contributed by atoms with Gasteiger partial charge in [-0.05, 0) is 31.2 Å². The predicted octanol–water partition coefficient (Wildman–Crippen LogP) is 3.95. The van der Waals surface area contributed by atoms with Gasteiger partial charge < -0.3 is 4.74 Å². The number of nitrogens with zero attached hydrogens (tertiary/aromatic N) is 1. The molecular weight excluding hydrogens is 411 g/mol. The van der Waals surface area contributed by atoms with Crippen LogP contribution >= 0.6 is 34.8 Å². The molecule has 0 saturated carbocycles. The van der Waals surface area contributed by atoms with Crippen molar-refractivity contribution in [2.45, 2.75) is 18.2 Å². The molecule has 10 heteroatoms. The molecular formula is C15H13Cl3N2O4S. The van der Waals surface area contributed by atoms with E-state index in [0.29, 0.717) is 5.69 Å². The summed E-state index contributed by atoms with van der Waals surface area (Å²) in [4.78, 5) is 15.3. The molecule has 0 spiro atoms. The van der Waals surface area contributed by atoms with Crippen molar-refractivity contribution in [3.8, 4) is 0 Å². The first-order valence-electron chi connectivity index (χ1n) is 7.02. The number of pyridine rings is 1. The third-order valence-corrected chi connectivity index (χ3v) is 5.40. The van der Waals surface area contributed by atoms with Crippen molar-refractivity contribution in [1.29, 1.82) is 0 Å². The first-order valence-corrected chi connectivity index (χ1v) is 9.63. The summed E-state index contributed by atoms with van der Waals surface area (Å²) < 4.78 is 32.2. The average Bonchev–Trinajstić information content (AvgIpc) is 2.45. The minimum atomic E-state index is -4.10. The van der Waals surface area contributed by atoms with Crippen LogP contribution in [0.4, 0.5) is 5.82 Å². The Morgan fingerprint density at radius 1 is 1.20 bits per heavy atom. The summed E-state index contributed by atoms with van der Waals surface area (Å²) in [7, 11) is -4.10. The molecule has 0 radical (unpaired) electrons. The summed E-state index contributed by atoms with van der Waals surface area (Å²) >= 11 is 17.7. The Morgan fingerprint density at radius 2 is 1.84 bits per heavy atom. The van der Waals surface area contributed by atoms with Crippen LogP contribution in [0.5, 0.6) is 0 Å². The molecule has 0 saturated heterocycles. The van der Waals surface area contributed by atoms with E-state index in [1.165, 1.54) is 18.2 Å². The van der Waals surface area contributed by atoms with Crippen molar-refractivity contribution in [3.05, 3.63) is 51.1 Å². The molecule has 1 heterocycles. The van der Waals surface area contributed by atoms with E-state index in [-0.39, 0.29) is 38.8 Å². The van der Waals surface area contributed by atoms with Crippen molar-refractivity contribution in [3.63, 3.8) is 0 Å². The highest BCUT2D eigenvalue weighted by Crippen LogP contribution is 2.33. The van der Waals surface area contributed by atoms with Crippen molar-refractivity contribution in [1.82, 2.24) is 4.98 Å². The second-order valence-electron chi connectivity index (χ2n) is 4.80. The molecule has 2 rings (SSSR count). The molecule has 0 fully saturated rings. The smallest absolute Gasteiger partial charge is 0.311 e. The number of hydrogen-bond acceptors (Lipinski definition) is 5. The fourth-order valence-electron chi connectivity index (χ4n) is 1.97. The van der Waals surface area contributed by atoms with Gasteiger partial charge in [-0.1, -0.05) is 40.9 Å². The number of sulfonamides is 1. The monoisotopic (exact) mass is 422 g/mol. The van der Waals surface area contributed by atoms with E-state index < -0.39 is 16.0 Å². The van der Waals surface area contributed by atoms with Gasteiger partial charge in [0.2, 0.25) is 0 Å². The Balaban J connectivity index is 2.28. The Labute approximate surface area is 160 Å². The van der Waals surface area contributed by atoms with Crippen LogP contribution in [0.25, 0.3) is 0 Å². The third-order valence-electron chi connectivity index (χ3n) is 2.91. The van der Waals surface area contributed by atoms with E-state index in [1.54, 1.807) is 19.1 Å².